The maximum absolute atomic E-state index is 5.52. The molecule has 0 bridgehead atoms. The van der Waals surface area contributed by atoms with Crippen molar-refractivity contribution in [2.75, 3.05) is 6.54 Å². The van der Waals surface area contributed by atoms with Gasteiger partial charge < -0.3 is 15.1 Å². The molecule has 0 aliphatic heterocycles. The van der Waals surface area contributed by atoms with Crippen molar-refractivity contribution in [3.8, 4) is 0 Å². The molecule has 1 heterocycles. The molecule has 1 aromatic rings. The number of aryl methyl sites for hydroxylation is 1. The van der Waals surface area contributed by atoms with Gasteiger partial charge in [-0.1, -0.05) is 13.3 Å². The fraction of sp³-hybridized carbons (Fsp3) is 0.583. The molecule has 0 aromatic carbocycles. The summed E-state index contributed by atoms with van der Waals surface area (Å²) in [6.07, 6.45) is 2.30. The summed E-state index contributed by atoms with van der Waals surface area (Å²) < 4.78 is 5.52. The molecule has 0 amide bonds. The number of hydrogen-bond donors (Lipinski definition) is 2. The van der Waals surface area contributed by atoms with Crippen LogP contribution in [0.25, 0.3) is 0 Å². The Balaban J connectivity index is 2.33. The minimum atomic E-state index is 0.107. The summed E-state index contributed by atoms with van der Waals surface area (Å²) in [7, 11) is 0. The van der Waals surface area contributed by atoms with E-state index in [-0.39, 0.29) is 6.04 Å². The van der Waals surface area contributed by atoms with E-state index >= 15 is 0 Å². The van der Waals surface area contributed by atoms with Gasteiger partial charge in [0.2, 0.25) is 0 Å². The van der Waals surface area contributed by atoms with E-state index in [0.717, 1.165) is 24.5 Å². The Labute approximate surface area is 103 Å². The van der Waals surface area contributed by atoms with Gasteiger partial charge in [0.05, 0.1) is 6.04 Å². The van der Waals surface area contributed by atoms with Crippen molar-refractivity contribution >= 4 is 17.3 Å². The lowest BCUT2D eigenvalue weighted by Gasteiger charge is -2.14. The summed E-state index contributed by atoms with van der Waals surface area (Å²) >= 11 is 5.19. The van der Waals surface area contributed by atoms with E-state index in [1.54, 1.807) is 0 Å². The number of thiocarbonyl (C=S) groups is 1. The van der Waals surface area contributed by atoms with Crippen LogP contribution in [-0.4, -0.2) is 11.7 Å². The van der Waals surface area contributed by atoms with E-state index in [1.165, 1.54) is 6.42 Å². The topological polar surface area (TPSA) is 37.2 Å². The SMILES string of the molecule is CCCCNC(=S)NC(C)c1ccc(C)o1. The first-order chi connectivity index (χ1) is 7.63. The third-order valence-electron chi connectivity index (χ3n) is 2.35. The molecule has 0 fully saturated rings. The molecule has 0 saturated heterocycles. The molecule has 4 heteroatoms. The Bertz CT molecular complexity index is 336. The van der Waals surface area contributed by atoms with Crippen LogP contribution in [0.1, 0.15) is 44.3 Å². The zero-order chi connectivity index (χ0) is 12.0. The summed E-state index contributed by atoms with van der Waals surface area (Å²) in [4.78, 5) is 0. The van der Waals surface area contributed by atoms with Crippen LogP contribution in [0.5, 0.6) is 0 Å². The fourth-order valence-corrected chi connectivity index (χ4v) is 1.66. The van der Waals surface area contributed by atoms with E-state index in [9.17, 15) is 0 Å². The highest BCUT2D eigenvalue weighted by Crippen LogP contribution is 2.15. The van der Waals surface area contributed by atoms with Gasteiger partial charge in [-0.05, 0) is 44.6 Å². The first-order valence-corrected chi connectivity index (χ1v) is 6.15. The molecule has 1 aromatic heterocycles. The first-order valence-electron chi connectivity index (χ1n) is 5.74. The maximum atomic E-state index is 5.52. The quantitative estimate of drug-likeness (QED) is 0.613. The molecular formula is C12H20N2OS. The molecule has 2 N–H and O–H groups in total. The molecule has 3 nitrogen and oxygen atoms in total. The number of nitrogens with one attached hydrogen (secondary N) is 2. The lowest BCUT2D eigenvalue weighted by Crippen LogP contribution is -2.37. The summed E-state index contributed by atoms with van der Waals surface area (Å²) in [5, 5.41) is 7.05. The Morgan fingerprint density at radius 3 is 2.81 bits per heavy atom. The van der Waals surface area contributed by atoms with Gasteiger partial charge in [-0.15, -0.1) is 0 Å². The Morgan fingerprint density at radius 1 is 1.50 bits per heavy atom. The fourth-order valence-electron chi connectivity index (χ4n) is 1.38. The van der Waals surface area contributed by atoms with E-state index in [2.05, 4.69) is 17.6 Å². The summed E-state index contributed by atoms with van der Waals surface area (Å²) in [5.74, 6) is 1.84. The molecule has 1 atom stereocenters. The van der Waals surface area contributed by atoms with E-state index in [1.807, 2.05) is 26.0 Å². The third kappa shape index (κ3) is 4.23. The molecule has 16 heavy (non-hydrogen) atoms. The van der Waals surface area contributed by atoms with Crippen molar-refractivity contribution in [3.05, 3.63) is 23.7 Å². The number of rotatable bonds is 5. The Hall–Kier alpha value is -1.03. The molecule has 1 unspecified atom stereocenters. The van der Waals surface area contributed by atoms with Gasteiger partial charge >= 0.3 is 0 Å². The van der Waals surface area contributed by atoms with Crippen molar-refractivity contribution < 1.29 is 4.42 Å². The second kappa shape index (κ2) is 6.53. The van der Waals surface area contributed by atoms with Crippen LogP contribution in [0.15, 0.2) is 16.5 Å². The van der Waals surface area contributed by atoms with Gasteiger partial charge in [0, 0.05) is 6.54 Å². The lowest BCUT2D eigenvalue weighted by molar-refractivity contribution is 0.442. The average Bonchev–Trinajstić information content (AvgIpc) is 2.65. The molecule has 90 valence electrons. The maximum Gasteiger partial charge on any atom is 0.166 e. The van der Waals surface area contributed by atoms with Gasteiger partial charge in [0.1, 0.15) is 11.5 Å². The van der Waals surface area contributed by atoms with Gasteiger partial charge in [-0.3, -0.25) is 0 Å². The Kier molecular flexibility index (Phi) is 5.32. The van der Waals surface area contributed by atoms with E-state index in [0.29, 0.717) is 5.11 Å². The van der Waals surface area contributed by atoms with Crippen LogP contribution >= 0.6 is 12.2 Å². The second-order valence-electron chi connectivity index (χ2n) is 3.92. The second-order valence-corrected chi connectivity index (χ2v) is 4.33. The van der Waals surface area contributed by atoms with Gasteiger partial charge in [0.25, 0.3) is 0 Å². The van der Waals surface area contributed by atoms with Crippen LogP contribution in [0.3, 0.4) is 0 Å². The minimum absolute atomic E-state index is 0.107. The third-order valence-corrected chi connectivity index (χ3v) is 2.61. The number of hydrogen-bond acceptors (Lipinski definition) is 2. The van der Waals surface area contributed by atoms with Crippen LogP contribution in [-0.2, 0) is 0 Å². The standard InChI is InChI=1S/C12H20N2OS/c1-4-5-8-13-12(16)14-10(3)11-7-6-9(2)15-11/h6-7,10H,4-5,8H2,1-3H3,(H2,13,14,16). The average molecular weight is 240 g/mol. The normalized spacial score (nSPS) is 12.2. The van der Waals surface area contributed by atoms with Crippen LogP contribution in [0.2, 0.25) is 0 Å². The predicted octanol–water partition coefficient (Wildman–Crippen LogP) is 2.91. The molecular weight excluding hydrogens is 220 g/mol. The highest BCUT2D eigenvalue weighted by molar-refractivity contribution is 7.80. The molecule has 0 aliphatic rings. The minimum Gasteiger partial charge on any atom is -0.464 e. The largest absolute Gasteiger partial charge is 0.464 e. The van der Waals surface area contributed by atoms with Gasteiger partial charge in [0.15, 0.2) is 5.11 Å². The predicted molar refractivity (Wildman–Crippen MR) is 70.5 cm³/mol. The Morgan fingerprint density at radius 2 is 2.25 bits per heavy atom. The van der Waals surface area contributed by atoms with Crippen molar-refractivity contribution in [1.29, 1.82) is 0 Å². The number of furan rings is 1. The van der Waals surface area contributed by atoms with Crippen molar-refractivity contribution in [2.45, 2.75) is 39.7 Å². The van der Waals surface area contributed by atoms with Gasteiger partial charge in [-0.2, -0.15) is 0 Å². The van der Waals surface area contributed by atoms with Crippen molar-refractivity contribution in [2.24, 2.45) is 0 Å². The van der Waals surface area contributed by atoms with E-state index in [4.69, 9.17) is 16.6 Å². The van der Waals surface area contributed by atoms with Crippen LogP contribution in [0.4, 0.5) is 0 Å². The molecule has 1 rings (SSSR count). The molecule has 0 spiro atoms. The molecule has 0 radical (unpaired) electrons. The highest BCUT2D eigenvalue weighted by Gasteiger charge is 2.09. The van der Waals surface area contributed by atoms with Crippen molar-refractivity contribution in [1.82, 2.24) is 10.6 Å². The zero-order valence-corrected chi connectivity index (χ0v) is 11.0. The van der Waals surface area contributed by atoms with Gasteiger partial charge in [-0.25, -0.2) is 0 Å². The van der Waals surface area contributed by atoms with E-state index < -0.39 is 0 Å². The summed E-state index contributed by atoms with van der Waals surface area (Å²) in [5.41, 5.74) is 0. The zero-order valence-electron chi connectivity index (χ0n) is 10.2. The first kappa shape index (κ1) is 13.0. The summed E-state index contributed by atoms with van der Waals surface area (Å²) in [6.45, 7) is 7.05. The number of unbranched alkanes of at least 4 members (excludes halogenated alkanes) is 1. The highest BCUT2D eigenvalue weighted by atomic mass is 32.1. The van der Waals surface area contributed by atoms with Crippen LogP contribution < -0.4 is 10.6 Å². The molecule has 0 saturated carbocycles. The molecule has 0 aliphatic carbocycles. The lowest BCUT2D eigenvalue weighted by atomic mass is 10.2. The van der Waals surface area contributed by atoms with Crippen molar-refractivity contribution in [3.63, 3.8) is 0 Å². The monoisotopic (exact) mass is 240 g/mol. The smallest absolute Gasteiger partial charge is 0.166 e. The summed E-state index contributed by atoms with van der Waals surface area (Å²) in [6, 6.07) is 4.04. The van der Waals surface area contributed by atoms with Crippen LogP contribution in [0, 0.1) is 6.92 Å².